The van der Waals surface area contributed by atoms with Crippen molar-refractivity contribution in [2.24, 2.45) is 11.7 Å². The summed E-state index contributed by atoms with van der Waals surface area (Å²) in [7, 11) is 4.29. The van der Waals surface area contributed by atoms with E-state index in [4.69, 9.17) is 13.3 Å². The first-order valence-electron chi connectivity index (χ1n) is 4.89. The second kappa shape index (κ2) is 6.97. The number of nitrogens with one attached hydrogen (secondary N) is 1. The van der Waals surface area contributed by atoms with E-state index in [1.54, 1.807) is 6.66 Å². The van der Waals surface area contributed by atoms with E-state index in [0.717, 1.165) is 0 Å². The van der Waals surface area contributed by atoms with Crippen LogP contribution in [0, 0.1) is 5.92 Å². The number of amides is 1. The first-order chi connectivity index (χ1) is 6.84. The van der Waals surface area contributed by atoms with Gasteiger partial charge in [-0.1, -0.05) is 21.6 Å². The van der Waals surface area contributed by atoms with Crippen LogP contribution in [0.2, 0.25) is 0 Å². The highest BCUT2D eigenvalue weighted by Crippen LogP contribution is 2.22. The maximum atomic E-state index is 11.4. The van der Waals surface area contributed by atoms with Crippen molar-refractivity contribution < 1.29 is 9.59 Å². The third-order valence-corrected chi connectivity index (χ3v) is 2.81. The van der Waals surface area contributed by atoms with Crippen LogP contribution in [-0.4, -0.2) is 38.2 Å². The Bertz CT molecular complexity index is 234. The van der Waals surface area contributed by atoms with Crippen molar-refractivity contribution in [2.75, 3.05) is 13.2 Å². The molecule has 0 aromatic carbocycles. The van der Waals surface area contributed by atoms with Crippen LogP contribution in [0.3, 0.4) is 0 Å². The van der Waals surface area contributed by atoms with E-state index in [-0.39, 0.29) is 18.0 Å². The molecule has 1 amide bonds. The molecule has 0 spiro atoms. The Morgan fingerprint density at radius 3 is 2.40 bits per heavy atom. The van der Waals surface area contributed by atoms with E-state index >= 15 is 0 Å². The van der Waals surface area contributed by atoms with Crippen molar-refractivity contribution in [2.45, 2.75) is 26.3 Å². The maximum Gasteiger partial charge on any atom is 0.237 e. The van der Waals surface area contributed by atoms with Gasteiger partial charge < -0.3 is 11.1 Å². The molecule has 0 aliphatic heterocycles. The van der Waals surface area contributed by atoms with Gasteiger partial charge in [-0.2, -0.15) is 0 Å². The summed E-state index contributed by atoms with van der Waals surface area (Å²) in [6.45, 7) is 5.62. The van der Waals surface area contributed by atoms with Crippen LogP contribution in [0.15, 0.2) is 0 Å². The van der Waals surface area contributed by atoms with E-state index in [1.165, 1.54) is 0 Å². The van der Waals surface area contributed by atoms with Gasteiger partial charge in [0.2, 0.25) is 5.91 Å². The molecule has 0 bridgehead atoms. The van der Waals surface area contributed by atoms with Crippen LogP contribution in [0.1, 0.15) is 20.3 Å². The molecule has 6 heteroatoms. The number of rotatable bonds is 6. The third-order valence-electron chi connectivity index (χ3n) is 1.87. The zero-order chi connectivity index (χ0) is 12.0. The SMILES string of the molecule is [B]P(C)C(=O)CNC(=O)C(N)CC(C)C. The van der Waals surface area contributed by atoms with E-state index in [1.807, 2.05) is 13.8 Å². The molecule has 0 heterocycles. The minimum atomic E-state index is -1.12. The van der Waals surface area contributed by atoms with E-state index in [0.29, 0.717) is 12.3 Å². The van der Waals surface area contributed by atoms with Crippen molar-refractivity contribution in [1.82, 2.24) is 5.32 Å². The lowest BCUT2D eigenvalue weighted by Crippen LogP contribution is -2.43. The standard InChI is InChI=1S/C9H18BN2O2P/c1-6(2)4-7(11)9(14)12-5-8(13)15(3)10/h6-7H,4-5,11H2,1-3H3,(H,12,14). The van der Waals surface area contributed by atoms with Crippen LogP contribution < -0.4 is 11.1 Å². The quantitative estimate of drug-likeness (QED) is 0.503. The molecule has 2 atom stereocenters. The highest BCUT2D eigenvalue weighted by atomic mass is 31.1. The van der Waals surface area contributed by atoms with E-state index in [2.05, 4.69) is 5.32 Å². The van der Waals surface area contributed by atoms with Crippen LogP contribution >= 0.6 is 7.80 Å². The summed E-state index contributed by atoms with van der Waals surface area (Å²) in [5, 5.41) is 2.49. The lowest BCUT2D eigenvalue weighted by Gasteiger charge is -2.14. The summed E-state index contributed by atoms with van der Waals surface area (Å²) in [5.74, 6) is 0.0770. The smallest absolute Gasteiger partial charge is 0.237 e. The molecular formula is C9H18BN2O2P. The highest BCUT2D eigenvalue weighted by Gasteiger charge is 2.16. The average Bonchev–Trinajstić information content (AvgIpc) is 2.12. The van der Waals surface area contributed by atoms with Crippen molar-refractivity contribution >= 4 is 26.8 Å². The molecule has 84 valence electrons. The van der Waals surface area contributed by atoms with Gasteiger partial charge in [-0.3, -0.25) is 9.59 Å². The van der Waals surface area contributed by atoms with Gasteiger partial charge in [0.1, 0.15) is 7.57 Å². The minimum Gasteiger partial charge on any atom is -0.347 e. The second-order valence-electron chi connectivity index (χ2n) is 3.96. The van der Waals surface area contributed by atoms with Crippen LogP contribution in [0.25, 0.3) is 0 Å². The highest BCUT2D eigenvalue weighted by molar-refractivity contribution is 7.94. The molecule has 4 nitrogen and oxygen atoms in total. The Morgan fingerprint density at radius 2 is 2.00 bits per heavy atom. The Balaban J connectivity index is 3.88. The number of carbonyl (C=O) groups excluding carboxylic acids is 2. The summed E-state index contributed by atoms with van der Waals surface area (Å²) in [6, 6.07) is -0.543. The zero-order valence-electron chi connectivity index (χ0n) is 9.49. The Morgan fingerprint density at radius 1 is 1.47 bits per heavy atom. The van der Waals surface area contributed by atoms with E-state index in [9.17, 15) is 9.59 Å². The van der Waals surface area contributed by atoms with Crippen LogP contribution in [0.4, 0.5) is 0 Å². The van der Waals surface area contributed by atoms with E-state index < -0.39 is 13.8 Å². The summed E-state index contributed by atoms with van der Waals surface area (Å²) in [5.41, 5.74) is 5.50. The van der Waals surface area contributed by atoms with Crippen LogP contribution in [0.5, 0.6) is 0 Å². The first-order valence-corrected chi connectivity index (χ1v) is 6.75. The molecular weight excluding hydrogens is 210 g/mol. The topological polar surface area (TPSA) is 72.2 Å². The summed E-state index contributed by atoms with van der Waals surface area (Å²) >= 11 is 0. The second-order valence-corrected chi connectivity index (χ2v) is 5.68. The normalized spacial score (nSPS) is 14.7. The van der Waals surface area contributed by atoms with Gasteiger partial charge in [0.05, 0.1) is 12.6 Å². The Labute approximate surface area is 93.5 Å². The molecule has 15 heavy (non-hydrogen) atoms. The summed E-state index contributed by atoms with van der Waals surface area (Å²) < 4.78 is 0. The first kappa shape index (κ1) is 14.6. The molecule has 0 saturated carbocycles. The van der Waals surface area contributed by atoms with Gasteiger partial charge in [-0.05, 0) is 19.0 Å². The predicted octanol–water partition coefficient (Wildman–Crippen LogP) is 0.198. The molecule has 0 aliphatic carbocycles. The van der Waals surface area contributed by atoms with Gasteiger partial charge in [-0.25, -0.2) is 0 Å². The summed E-state index contributed by atoms with van der Waals surface area (Å²) in [4.78, 5) is 22.5. The van der Waals surface area contributed by atoms with Crippen molar-refractivity contribution in [3.05, 3.63) is 0 Å². The Kier molecular flexibility index (Phi) is 6.78. The molecule has 2 radical (unpaired) electrons. The fourth-order valence-electron chi connectivity index (χ4n) is 1.03. The molecule has 0 fully saturated rings. The largest absolute Gasteiger partial charge is 0.347 e. The average molecular weight is 228 g/mol. The molecule has 0 rings (SSSR count). The third kappa shape index (κ3) is 6.64. The van der Waals surface area contributed by atoms with Gasteiger partial charge >= 0.3 is 0 Å². The van der Waals surface area contributed by atoms with Gasteiger partial charge in [0, 0.05) is 0 Å². The van der Waals surface area contributed by atoms with Crippen molar-refractivity contribution in [3.63, 3.8) is 0 Å². The predicted molar refractivity (Wildman–Crippen MR) is 64.0 cm³/mol. The number of nitrogens with two attached hydrogens (primary N) is 1. The minimum absolute atomic E-state index is 0.0106. The fourth-order valence-corrected chi connectivity index (χ4v) is 1.36. The number of hydrogen-bond acceptors (Lipinski definition) is 3. The fraction of sp³-hybridized carbons (Fsp3) is 0.778. The zero-order valence-corrected chi connectivity index (χ0v) is 10.4. The Hall–Kier alpha value is -0.405. The molecule has 3 N–H and O–H groups in total. The van der Waals surface area contributed by atoms with Crippen molar-refractivity contribution in [1.29, 1.82) is 0 Å². The summed E-state index contributed by atoms with van der Waals surface area (Å²) in [6.07, 6.45) is 0.615. The molecule has 0 aliphatic rings. The van der Waals surface area contributed by atoms with Crippen LogP contribution in [-0.2, 0) is 9.59 Å². The molecule has 0 aromatic heterocycles. The number of hydrogen-bond donors (Lipinski definition) is 2. The monoisotopic (exact) mass is 228 g/mol. The number of carbonyl (C=O) groups is 2. The van der Waals surface area contributed by atoms with Gasteiger partial charge in [0.25, 0.3) is 0 Å². The maximum absolute atomic E-state index is 11.4. The molecule has 2 unspecified atom stereocenters. The van der Waals surface area contributed by atoms with Gasteiger partial charge in [0.15, 0.2) is 5.52 Å². The van der Waals surface area contributed by atoms with Gasteiger partial charge in [-0.15, -0.1) is 0 Å². The lowest BCUT2D eigenvalue weighted by molar-refractivity contribution is -0.124. The molecule has 0 aromatic rings. The molecule has 0 saturated heterocycles. The lowest BCUT2D eigenvalue weighted by atomic mass is 10.0. The van der Waals surface area contributed by atoms with Crippen molar-refractivity contribution in [3.8, 4) is 0 Å².